The van der Waals surface area contributed by atoms with E-state index in [0.29, 0.717) is 6.54 Å². The normalized spacial score (nSPS) is 9.50. The first-order valence-corrected chi connectivity index (χ1v) is 6.33. The van der Waals surface area contributed by atoms with Gasteiger partial charge in [0.25, 0.3) is 0 Å². The van der Waals surface area contributed by atoms with E-state index >= 15 is 0 Å². The fraction of sp³-hybridized carbons (Fsp3) is 0.333. The second kappa shape index (κ2) is 8.37. The summed E-state index contributed by atoms with van der Waals surface area (Å²) >= 11 is 0. The van der Waals surface area contributed by atoms with Gasteiger partial charge >= 0.3 is 0 Å². The third-order valence-corrected chi connectivity index (χ3v) is 2.22. The van der Waals surface area contributed by atoms with Crippen molar-refractivity contribution in [3.63, 3.8) is 0 Å². The Morgan fingerprint density at radius 1 is 1.00 bits per heavy atom. The van der Waals surface area contributed by atoms with Gasteiger partial charge < -0.3 is 5.73 Å². The monoisotopic (exact) mass is 243 g/mol. The van der Waals surface area contributed by atoms with Crippen LogP contribution in [0, 0.1) is 0 Å². The van der Waals surface area contributed by atoms with Crippen molar-refractivity contribution in [1.82, 2.24) is 9.97 Å². The summed E-state index contributed by atoms with van der Waals surface area (Å²) in [6.45, 7) is 4.71. The molecule has 1 aromatic carbocycles. The average molecular weight is 243 g/mol. The van der Waals surface area contributed by atoms with E-state index in [4.69, 9.17) is 5.73 Å². The summed E-state index contributed by atoms with van der Waals surface area (Å²) in [5.74, 6) is 0. The lowest BCUT2D eigenvalue weighted by Crippen LogP contribution is -2.02. The molecule has 0 amide bonds. The van der Waals surface area contributed by atoms with E-state index in [1.165, 1.54) is 12.0 Å². The van der Waals surface area contributed by atoms with Crippen LogP contribution in [0.3, 0.4) is 0 Å². The predicted molar refractivity (Wildman–Crippen MR) is 75.1 cm³/mol. The molecular weight excluding hydrogens is 222 g/mol. The first-order valence-electron chi connectivity index (χ1n) is 6.33. The lowest BCUT2D eigenvalue weighted by molar-refractivity contribution is 0.928. The van der Waals surface area contributed by atoms with E-state index in [2.05, 4.69) is 35.9 Å². The van der Waals surface area contributed by atoms with Crippen molar-refractivity contribution in [1.29, 1.82) is 0 Å². The van der Waals surface area contributed by atoms with Gasteiger partial charge in [-0.15, -0.1) is 0 Å². The van der Waals surface area contributed by atoms with E-state index < -0.39 is 0 Å². The average Bonchev–Trinajstić information content (AvgIpc) is 2.41. The third kappa shape index (κ3) is 5.06. The van der Waals surface area contributed by atoms with E-state index in [1.807, 2.05) is 24.3 Å². The SMILES string of the molecule is CCC.NCc1cc(Cc2ccccc2)ncn1. The summed E-state index contributed by atoms with van der Waals surface area (Å²) in [7, 11) is 0. The van der Waals surface area contributed by atoms with Crippen molar-refractivity contribution in [2.75, 3.05) is 0 Å². The first kappa shape index (κ1) is 14.3. The van der Waals surface area contributed by atoms with Crippen molar-refractivity contribution in [3.8, 4) is 0 Å². The molecule has 0 saturated carbocycles. The molecule has 0 radical (unpaired) electrons. The van der Waals surface area contributed by atoms with Crippen LogP contribution in [0.15, 0.2) is 42.7 Å². The summed E-state index contributed by atoms with van der Waals surface area (Å²) < 4.78 is 0. The second-order valence-electron chi connectivity index (χ2n) is 4.07. The molecule has 2 rings (SSSR count). The summed E-state index contributed by atoms with van der Waals surface area (Å²) in [5, 5.41) is 0. The van der Waals surface area contributed by atoms with Gasteiger partial charge in [-0.1, -0.05) is 50.6 Å². The highest BCUT2D eigenvalue weighted by Crippen LogP contribution is 2.06. The van der Waals surface area contributed by atoms with Crippen LogP contribution in [-0.4, -0.2) is 9.97 Å². The molecule has 0 aliphatic carbocycles. The van der Waals surface area contributed by atoms with Gasteiger partial charge in [-0.05, 0) is 11.6 Å². The molecule has 0 aliphatic heterocycles. The predicted octanol–water partition coefficient (Wildman–Crippen LogP) is 2.94. The third-order valence-electron chi connectivity index (χ3n) is 2.22. The fourth-order valence-electron chi connectivity index (χ4n) is 1.46. The molecule has 0 spiro atoms. The van der Waals surface area contributed by atoms with E-state index in [0.717, 1.165) is 17.8 Å². The molecule has 1 heterocycles. The maximum Gasteiger partial charge on any atom is 0.115 e. The van der Waals surface area contributed by atoms with Gasteiger partial charge in [0.1, 0.15) is 6.33 Å². The molecule has 0 bridgehead atoms. The van der Waals surface area contributed by atoms with Crippen molar-refractivity contribution >= 4 is 0 Å². The number of hydrogen-bond donors (Lipinski definition) is 1. The Morgan fingerprint density at radius 3 is 2.22 bits per heavy atom. The zero-order valence-electron chi connectivity index (χ0n) is 11.1. The molecule has 0 unspecified atom stereocenters. The highest BCUT2D eigenvalue weighted by Gasteiger charge is 1.98. The van der Waals surface area contributed by atoms with E-state index in [1.54, 1.807) is 6.33 Å². The number of hydrogen-bond acceptors (Lipinski definition) is 3. The topological polar surface area (TPSA) is 51.8 Å². The van der Waals surface area contributed by atoms with Crippen LogP contribution < -0.4 is 5.73 Å². The molecular formula is C15H21N3. The summed E-state index contributed by atoms with van der Waals surface area (Å²) in [6.07, 6.45) is 3.65. The molecule has 0 fully saturated rings. The second-order valence-corrected chi connectivity index (χ2v) is 4.07. The quantitative estimate of drug-likeness (QED) is 0.901. The maximum atomic E-state index is 5.52. The Hall–Kier alpha value is -1.74. The zero-order chi connectivity index (χ0) is 13.2. The lowest BCUT2D eigenvalue weighted by Gasteiger charge is -2.02. The van der Waals surface area contributed by atoms with Gasteiger partial charge in [-0.3, -0.25) is 0 Å². The minimum absolute atomic E-state index is 0.463. The van der Waals surface area contributed by atoms with Gasteiger partial charge in [0.15, 0.2) is 0 Å². The number of benzene rings is 1. The number of aromatic nitrogens is 2. The van der Waals surface area contributed by atoms with Gasteiger partial charge in [0, 0.05) is 18.7 Å². The van der Waals surface area contributed by atoms with Crippen molar-refractivity contribution < 1.29 is 0 Å². The molecule has 0 saturated heterocycles. The van der Waals surface area contributed by atoms with Gasteiger partial charge in [0.05, 0.1) is 5.69 Å². The van der Waals surface area contributed by atoms with Crippen LogP contribution in [0.5, 0.6) is 0 Å². The molecule has 3 nitrogen and oxygen atoms in total. The minimum atomic E-state index is 0.463. The fourth-order valence-corrected chi connectivity index (χ4v) is 1.46. The minimum Gasteiger partial charge on any atom is -0.325 e. The molecule has 2 aromatic rings. The molecule has 0 atom stereocenters. The molecule has 1 aromatic heterocycles. The highest BCUT2D eigenvalue weighted by atomic mass is 14.8. The lowest BCUT2D eigenvalue weighted by atomic mass is 10.1. The summed E-state index contributed by atoms with van der Waals surface area (Å²) in [4.78, 5) is 8.28. The van der Waals surface area contributed by atoms with E-state index in [-0.39, 0.29) is 0 Å². The van der Waals surface area contributed by atoms with Crippen LogP contribution >= 0.6 is 0 Å². The Kier molecular flexibility index (Phi) is 6.66. The Labute approximate surface area is 109 Å². The largest absolute Gasteiger partial charge is 0.325 e. The van der Waals surface area contributed by atoms with Gasteiger partial charge in [-0.25, -0.2) is 9.97 Å². The Balaban J connectivity index is 0.000000492. The van der Waals surface area contributed by atoms with Crippen LogP contribution in [0.4, 0.5) is 0 Å². The van der Waals surface area contributed by atoms with Crippen molar-refractivity contribution in [2.45, 2.75) is 33.2 Å². The summed E-state index contributed by atoms with van der Waals surface area (Å²) in [5.41, 5.74) is 8.67. The van der Waals surface area contributed by atoms with E-state index in [9.17, 15) is 0 Å². The van der Waals surface area contributed by atoms with Crippen molar-refractivity contribution in [2.24, 2.45) is 5.73 Å². The molecule has 18 heavy (non-hydrogen) atoms. The number of rotatable bonds is 3. The van der Waals surface area contributed by atoms with Crippen LogP contribution in [0.1, 0.15) is 37.2 Å². The van der Waals surface area contributed by atoms with Gasteiger partial charge in [-0.2, -0.15) is 0 Å². The Bertz CT molecular complexity index is 441. The van der Waals surface area contributed by atoms with Gasteiger partial charge in [0.2, 0.25) is 0 Å². The standard InChI is InChI=1S/C12H13N3.C3H8/c13-8-12-7-11(14-9-15-12)6-10-4-2-1-3-5-10;1-3-2/h1-5,7,9H,6,8,13H2;3H2,1-2H3. The molecule has 0 aliphatic rings. The maximum absolute atomic E-state index is 5.52. The molecule has 3 heteroatoms. The zero-order valence-corrected chi connectivity index (χ0v) is 11.1. The first-order chi connectivity index (χ1) is 8.80. The number of nitrogens with zero attached hydrogens (tertiary/aromatic N) is 2. The van der Waals surface area contributed by atoms with Crippen LogP contribution in [-0.2, 0) is 13.0 Å². The van der Waals surface area contributed by atoms with Crippen LogP contribution in [0.2, 0.25) is 0 Å². The number of nitrogens with two attached hydrogens (primary N) is 1. The highest BCUT2D eigenvalue weighted by molar-refractivity contribution is 5.22. The summed E-state index contributed by atoms with van der Waals surface area (Å²) in [6, 6.07) is 12.2. The smallest absolute Gasteiger partial charge is 0.115 e. The molecule has 96 valence electrons. The van der Waals surface area contributed by atoms with Crippen LogP contribution in [0.25, 0.3) is 0 Å². The molecule has 2 N–H and O–H groups in total. The Morgan fingerprint density at radius 2 is 1.61 bits per heavy atom. The van der Waals surface area contributed by atoms with Crippen molar-refractivity contribution in [3.05, 3.63) is 59.7 Å².